The fourth-order valence-electron chi connectivity index (χ4n) is 1.08. The van der Waals surface area contributed by atoms with Crippen LogP contribution < -0.4 is 5.56 Å². The minimum Gasteiger partial charge on any atom is -0.373 e. The van der Waals surface area contributed by atoms with Crippen LogP contribution in [-0.4, -0.2) is 21.8 Å². The summed E-state index contributed by atoms with van der Waals surface area (Å²) in [7, 11) is 0. The van der Waals surface area contributed by atoms with E-state index >= 15 is 0 Å². The van der Waals surface area contributed by atoms with Crippen molar-refractivity contribution in [2.45, 2.75) is 45.1 Å². The van der Waals surface area contributed by atoms with Gasteiger partial charge in [0, 0.05) is 11.8 Å². The molecule has 90 valence electrons. The van der Waals surface area contributed by atoms with Crippen molar-refractivity contribution in [3.8, 4) is 0 Å². The number of hydrogen-bond acceptors (Lipinski definition) is 4. The molecular weight excluding hydrogens is 224 g/mol. The smallest absolute Gasteiger partial charge is 0.251 e. The van der Waals surface area contributed by atoms with Crippen LogP contribution in [0.1, 0.15) is 32.9 Å². The number of H-pyrrole nitrogens is 1. The highest BCUT2D eigenvalue weighted by molar-refractivity contribution is 7.99. The molecule has 1 rings (SSSR count). The fraction of sp³-hybridized carbons (Fsp3) is 0.636. The highest BCUT2D eigenvalue weighted by Crippen LogP contribution is 2.12. The normalized spacial score (nSPS) is 11.0. The van der Waals surface area contributed by atoms with Crippen LogP contribution in [0.2, 0.25) is 0 Å². The van der Waals surface area contributed by atoms with Crippen LogP contribution in [0.25, 0.3) is 0 Å². The average Bonchev–Trinajstić information content (AvgIpc) is 2.23. The SMILES string of the molecule is CCCSc1nc(COC(C)C)cc(=O)[nH]1. The molecule has 0 saturated carbocycles. The Morgan fingerprint density at radius 3 is 2.94 bits per heavy atom. The topological polar surface area (TPSA) is 55.0 Å². The fourth-order valence-corrected chi connectivity index (χ4v) is 1.83. The second kappa shape index (κ2) is 6.70. The van der Waals surface area contributed by atoms with E-state index in [1.807, 2.05) is 13.8 Å². The highest BCUT2D eigenvalue weighted by Gasteiger charge is 2.03. The van der Waals surface area contributed by atoms with Crippen LogP contribution in [0.4, 0.5) is 0 Å². The Morgan fingerprint density at radius 1 is 1.56 bits per heavy atom. The minimum absolute atomic E-state index is 0.115. The standard InChI is InChI=1S/C11H18N2O2S/c1-4-5-16-11-12-9(6-10(14)13-11)7-15-8(2)3/h6,8H,4-5,7H2,1-3H3,(H,12,13,14). The zero-order chi connectivity index (χ0) is 12.0. The number of ether oxygens (including phenoxy) is 1. The van der Waals surface area contributed by atoms with Crippen molar-refractivity contribution >= 4 is 11.8 Å². The number of nitrogens with one attached hydrogen (secondary N) is 1. The first kappa shape index (κ1) is 13.3. The van der Waals surface area contributed by atoms with Crippen LogP contribution in [0.3, 0.4) is 0 Å². The summed E-state index contributed by atoms with van der Waals surface area (Å²) in [5, 5.41) is 0.678. The Kier molecular flexibility index (Phi) is 5.55. The zero-order valence-corrected chi connectivity index (χ0v) is 10.8. The Balaban J connectivity index is 2.69. The summed E-state index contributed by atoms with van der Waals surface area (Å²) in [6.07, 6.45) is 1.20. The maximum Gasteiger partial charge on any atom is 0.251 e. The number of thioether (sulfide) groups is 1. The molecule has 1 aromatic heterocycles. The van der Waals surface area contributed by atoms with Gasteiger partial charge in [-0.05, 0) is 20.3 Å². The summed E-state index contributed by atoms with van der Waals surface area (Å²) in [5.74, 6) is 0.956. The molecule has 1 heterocycles. The van der Waals surface area contributed by atoms with Gasteiger partial charge in [-0.3, -0.25) is 4.79 Å². The molecule has 0 saturated heterocycles. The van der Waals surface area contributed by atoms with Gasteiger partial charge in [-0.25, -0.2) is 4.98 Å². The molecule has 1 aromatic rings. The molecule has 16 heavy (non-hydrogen) atoms. The third-order valence-corrected chi connectivity index (χ3v) is 2.86. The van der Waals surface area contributed by atoms with E-state index in [4.69, 9.17) is 4.74 Å². The molecule has 0 radical (unpaired) electrons. The van der Waals surface area contributed by atoms with Crippen molar-refractivity contribution in [3.63, 3.8) is 0 Å². The van der Waals surface area contributed by atoms with Crippen molar-refractivity contribution in [2.75, 3.05) is 5.75 Å². The number of hydrogen-bond donors (Lipinski definition) is 1. The van der Waals surface area contributed by atoms with Crippen LogP contribution in [0.5, 0.6) is 0 Å². The predicted molar refractivity (Wildman–Crippen MR) is 65.8 cm³/mol. The first-order valence-corrected chi connectivity index (χ1v) is 6.45. The molecule has 0 spiro atoms. The first-order valence-electron chi connectivity index (χ1n) is 5.46. The van der Waals surface area contributed by atoms with Gasteiger partial charge in [0.1, 0.15) is 0 Å². The van der Waals surface area contributed by atoms with Gasteiger partial charge in [0.05, 0.1) is 18.4 Å². The minimum atomic E-state index is -0.115. The van der Waals surface area contributed by atoms with E-state index in [-0.39, 0.29) is 11.7 Å². The Bertz CT molecular complexity index is 376. The van der Waals surface area contributed by atoms with E-state index in [0.717, 1.165) is 12.2 Å². The second-order valence-electron chi connectivity index (χ2n) is 3.75. The third-order valence-electron chi connectivity index (χ3n) is 1.78. The number of rotatable bonds is 6. The van der Waals surface area contributed by atoms with Crippen LogP contribution in [0, 0.1) is 0 Å². The summed E-state index contributed by atoms with van der Waals surface area (Å²) < 4.78 is 5.42. The Hall–Kier alpha value is -0.810. The predicted octanol–water partition coefficient (Wildman–Crippen LogP) is 2.20. The van der Waals surface area contributed by atoms with Crippen molar-refractivity contribution in [1.29, 1.82) is 0 Å². The molecule has 0 unspecified atom stereocenters. The van der Waals surface area contributed by atoms with E-state index in [1.54, 1.807) is 11.8 Å². The summed E-state index contributed by atoms with van der Waals surface area (Å²) in [6, 6.07) is 1.48. The molecule has 0 bridgehead atoms. The van der Waals surface area contributed by atoms with Gasteiger partial charge in [-0.2, -0.15) is 0 Å². The molecule has 0 fully saturated rings. The molecule has 4 nitrogen and oxygen atoms in total. The number of nitrogens with zero attached hydrogens (tertiary/aromatic N) is 1. The van der Waals surface area contributed by atoms with E-state index in [2.05, 4.69) is 16.9 Å². The largest absolute Gasteiger partial charge is 0.373 e. The molecular formula is C11H18N2O2S. The molecule has 0 aliphatic carbocycles. The summed E-state index contributed by atoms with van der Waals surface area (Å²) >= 11 is 1.56. The van der Waals surface area contributed by atoms with Gasteiger partial charge in [-0.1, -0.05) is 18.7 Å². The average molecular weight is 242 g/mol. The molecule has 0 aromatic carbocycles. The van der Waals surface area contributed by atoms with Crippen LogP contribution in [-0.2, 0) is 11.3 Å². The Morgan fingerprint density at radius 2 is 2.31 bits per heavy atom. The molecule has 1 N–H and O–H groups in total. The van der Waals surface area contributed by atoms with Gasteiger partial charge in [0.15, 0.2) is 5.16 Å². The van der Waals surface area contributed by atoms with Crippen molar-refractivity contribution in [1.82, 2.24) is 9.97 Å². The summed E-state index contributed by atoms with van der Waals surface area (Å²) in [6.45, 7) is 6.40. The van der Waals surface area contributed by atoms with Crippen molar-refractivity contribution in [2.24, 2.45) is 0 Å². The highest BCUT2D eigenvalue weighted by atomic mass is 32.2. The molecule has 0 aliphatic rings. The van der Waals surface area contributed by atoms with Crippen LogP contribution in [0.15, 0.2) is 16.0 Å². The van der Waals surface area contributed by atoms with Crippen molar-refractivity contribution < 1.29 is 4.74 Å². The monoisotopic (exact) mass is 242 g/mol. The third kappa shape index (κ3) is 4.81. The Labute approximate surface area is 99.8 Å². The first-order chi connectivity index (χ1) is 7.61. The van der Waals surface area contributed by atoms with Crippen LogP contribution >= 0.6 is 11.8 Å². The van der Waals surface area contributed by atoms with Gasteiger partial charge in [0.2, 0.25) is 0 Å². The number of aromatic amines is 1. The second-order valence-corrected chi connectivity index (χ2v) is 4.83. The van der Waals surface area contributed by atoms with Gasteiger partial charge >= 0.3 is 0 Å². The van der Waals surface area contributed by atoms with E-state index in [0.29, 0.717) is 17.5 Å². The van der Waals surface area contributed by atoms with E-state index in [9.17, 15) is 4.79 Å². The molecule has 0 amide bonds. The lowest BCUT2D eigenvalue weighted by atomic mass is 10.4. The summed E-state index contributed by atoms with van der Waals surface area (Å²) in [4.78, 5) is 18.4. The molecule has 5 heteroatoms. The summed E-state index contributed by atoms with van der Waals surface area (Å²) in [5.41, 5.74) is 0.576. The van der Waals surface area contributed by atoms with Gasteiger partial charge in [-0.15, -0.1) is 0 Å². The lowest BCUT2D eigenvalue weighted by molar-refractivity contribution is 0.0631. The molecule has 0 aliphatic heterocycles. The van der Waals surface area contributed by atoms with Gasteiger partial charge in [0.25, 0.3) is 5.56 Å². The maximum atomic E-state index is 11.4. The molecule has 0 atom stereocenters. The van der Waals surface area contributed by atoms with Crippen molar-refractivity contribution in [3.05, 3.63) is 22.1 Å². The van der Waals surface area contributed by atoms with E-state index in [1.165, 1.54) is 6.07 Å². The lowest BCUT2D eigenvalue weighted by Gasteiger charge is -2.07. The quantitative estimate of drug-likeness (QED) is 0.613. The van der Waals surface area contributed by atoms with E-state index < -0.39 is 0 Å². The number of aromatic nitrogens is 2. The van der Waals surface area contributed by atoms with Gasteiger partial charge < -0.3 is 9.72 Å². The zero-order valence-electron chi connectivity index (χ0n) is 9.95. The lowest BCUT2D eigenvalue weighted by Crippen LogP contribution is -2.12. The maximum absolute atomic E-state index is 11.4.